The summed E-state index contributed by atoms with van der Waals surface area (Å²) < 4.78 is 26.3. The second-order valence-electron chi connectivity index (χ2n) is 4.55. The summed E-state index contributed by atoms with van der Waals surface area (Å²) in [5.41, 5.74) is 0. The number of amides is 1. The molecule has 94 valence electrons. The Morgan fingerprint density at radius 3 is 2.44 bits per heavy atom. The predicted octanol–water partition coefficient (Wildman–Crippen LogP) is 3.21. The lowest BCUT2D eigenvalue weighted by atomic mass is 10.1. The zero-order valence-electron chi connectivity index (χ0n) is 9.98. The van der Waals surface area contributed by atoms with E-state index in [1.54, 1.807) is 11.8 Å². The first-order valence-corrected chi connectivity index (χ1v) is 6.21. The van der Waals surface area contributed by atoms with Crippen LogP contribution in [0.5, 0.6) is 0 Å². The van der Waals surface area contributed by atoms with Crippen molar-refractivity contribution >= 4 is 5.91 Å². The summed E-state index contributed by atoms with van der Waals surface area (Å²) in [5.74, 6) is -2.54. The zero-order chi connectivity index (χ0) is 12.0. The van der Waals surface area contributed by atoms with Gasteiger partial charge in [-0.05, 0) is 19.3 Å². The topological polar surface area (TPSA) is 20.3 Å². The van der Waals surface area contributed by atoms with Gasteiger partial charge in [0.15, 0.2) is 0 Å². The summed E-state index contributed by atoms with van der Waals surface area (Å²) in [6, 6.07) is 0. The van der Waals surface area contributed by atoms with E-state index in [9.17, 15) is 13.6 Å². The van der Waals surface area contributed by atoms with Gasteiger partial charge in [-0.2, -0.15) is 0 Å². The van der Waals surface area contributed by atoms with Crippen molar-refractivity contribution in [1.82, 2.24) is 4.90 Å². The molecule has 0 bridgehead atoms. The van der Waals surface area contributed by atoms with E-state index < -0.39 is 5.92 Å². The van der Waals surface area contributed by atoms with Crippen molar-refractivity contribution in [1.29, 1.82) is 0 Å². The first-order valence-electron chi connectivity index (χ1n) is 6.21. The van der Waals surface area contributed by atoms with Crippen LogP contribution in [0.3, 0.4) is 0 Å². The van der Waals surface area contributed by atoms with Crippen molar-refractivity contribution in [2.24, 2.45) is 0 Å². The third-order valence-corrected chi connectivity index (χ3v) is 3.01. The molecule has 0 saturated carbocycles. The number of hydrogen-bond donors (Lipinski definition) is 0. The normalized spacial score (nSPS) is 16.8. The number of carbonyl (C=O) groups excluding carboxylic acids is 1. The first kappa shape index (κ1) is 13.4. The van der Waals surface area contributed by atoms with Gasteiger partial charge in [-0.3, -0.25) is 4.79 Å². The molecule has 0 aromatic heterocycles. The summed E-state index contributed by atoms with van der Waals surface area (Å²) in [4.78, 5) is 13.4. The lowest BCUT2D eigenvalue weighted by molar-refractivity contribution is -0.130. The van der Waals surface area contributed by atoms with E-state index in [4.69, 9.17) is 0 Å². The van der Waals surface area contributed by atoms with E-state index in [0.29, 0.717) is 12.8 Å². The first-order chi connectivity index (χ1) is 7.55. The fraction of sp³-hybridized carbons (Fsp3) is 0.917. The van der Waals surface area contributed by atoms with Gasteiger partial charge in [-0.1, -0.05) is 13.3 Å². The van der Waals surface area contributed by atoms with Gasteiger partial charge >= 0.3 is 0 Å². The molecule has 0 aliphatic carbocycles. The minimum absolute atomic E-state index is 0.0461. The van der Waals surface area contributed by atoms with Gasteiger partial charge in [-0.15, -0.1) is 0 Å². The number of likely N-dealkylation sites (tertiary alicyclic amines) is 1. The number of rotatable bonds is 6. The molecule has 1 aliphatic rings. The molecular weight excluding hydrogens is 212 g/mol. The Kier molecular flexibility index (Phi) is 5.16. The maximum atomic E-state index is 13.1. The lowest BCUT2D eigenvalue weighted by Gasteiger charge is -2.17. The Hall–Kier alpha value is -0.670. The molecule has 0 N–H and O–H groups in total. The van der Waals surface area contributed by atoms with Crippen molar-refractivity contribution < 1.29 is 13.6 Å². The number of alkyl halides is 2. The second-order valence-corrected chi connectivity index (χ2v) is 4.55. The molecule has 2 nitrogen and oxygen atoms in total. The number of nitrogens with zero attached hydrogens (tertiary/aromatic N) is 1. The molecule has 0 atom stereocenters. The average Bonchev–Trinajstić information content (AvgIpc) is 2.69. The van der Waals surface area contributed by atoms with Crippen LogP contribution in [0.1, 0.15) is 51.9 Å². The Bertz CT molecular complexity index is 225. The molecule has 1 saturated heterocycles. The SMILES string of the molecule is CCCC(F)(F)CCCC(=O)N1CCCC1. The number of hydrogen-bond acceptors (Lipinski definition) is 1. The smallest absolute Gasteiger partial charge is 0.248 e. The minimum atomic E-state index is -2.58. The molecule has 1 amide bonds. The molecule has 0 aromatic carbocycles. The van der Waals surface area contributed by atoms with Crippen molar-refractivity contribution in [3.63, 3.8) is 0 Å². The largest absolute Gasteiger partial charge is 0.343 e. The molecule has 0 spiro atoms. The van der Waals surface area contributed by atoms with Crippen LogP contribution in [-0.2, 0) is 4.79 Å². The van der Waals surface area contributed by atoms with Gasteiger partial charge in [0.2, 0.25) is 11.8 Å². The molecular formula is C12H21F2NO. The highest BCUT2D eigenvalue weighted by atomic mass is 19.3. The van der Waals surface area contributed by atoms with Crippen molar-refractivity contribution in [3.05, 3.63) is 0 Å². The number of carbonyl (C=O) groups is 1. The van der Waals surface area contributed by atoms with Crippen LogP contribution < -0.4 is 0 Å². The van der Waals surface area contributed by atoms with Gasteiger partial charge in [-0.25, -0.2) is 8.78 Å². The Balaban J connectivity index is 2.16. The van der Waals surface area contributed by atoms with Crippen LogP contribution in [0, 0.1) is 0 Å². The molecule has 16 heavy (non-hydrogen) atoms. The van der Waals surface area contributed by atoms with Gasteiger partial charge in [0, 0.05) is 32.4 Å². The molecule has 1 rings (SSSR count). The van der Waals surface area contributed by atoms with Gasteiger partial charge < -0.3 is 4.90 Å². The highest BCUT2D eigenvalue weighted by molar-refractivity contribution is 5.76. The third kappa shape index (κ3) is 4.45. The quantitative estimate of drug-likeness (QED) is 0.689. The van der Waals surface area contributed by atoms with Crippen molar-refractivity contribution in [2.45, 2.75) is 57.8 Å². The fourth-order valence-corrected chi connectivity index (χ4v) is 2.11. The average molecular weight is 233 g/mol. The van der Waals surface area contributed by atoms with E-state index >= 15 is 0 Å². The van der Waals surface area contributed by atoms with Crippen LogP contribution in [0.25, 0.3) is 0 Å². The monoisotopic (exact) mass is 233 g/mol. The predicted molar refractivity (Wildman–Crippen MR) is 59.5 cm³/mol. The molecule has 1 fully saturated rings. The van der Waals surface area contributed by atoms with E-state index in [0.717, 1.165) is 25.9 Å². The lowest BCUT2D eigenvalue weighted by Crippen LogP contribution is -2.27. The van der Waals surface area contributed by atoms with Crippen molar-refractivity contribution in [2.75, 3.05) is 13.1 Å². The maximum Gasteiger partial charge on any atom is 0.248 e. The minimum Gasteiger partial charge on any atom is -0.343 e. The molecule has 1 heterocycles. The van der Waals surface area contributed by atoms with E-state index in [2.05, 4.69) is 0 Å². The molecule has 1 aliphatic heterocycles. The van der Waals surface area contributed by atoms with Gasteiger partial charge in [0.05, 0.1) is 0 Å². The molecule has 0 unspecified atom stereocenters. The second kappa shape index (κ2) is 6.16. The van der Waals surface area contributed by atoms with Crippen LogP contribution >= 0.6 is 0 Å². The highest BCUT2D eigenvalue weighted by Gasteiger charge is 2.27. The fourth-order valence-electron chi connectivity index (χ4n) is 2.11. The van der Waals surface area contributed by atoms with Crippen LogP contribution in [0.4, 0.5) is 8.78 Å². The van der Waals surface area contributed by atoms with Gasteiger partial charge in [0.1, 0.15) is 0 Å². The Labute approximate surface area is 96.0 Å². The van der Waals surface area contributed by atoms with E-state index in [1.807, 2.05) is 0 Å². The Morgan fingerprint density at radius 2 is 1.88 bits per heavy atom. The van der Waals surface area contributed by atoms with Crippen LogP contribution in [-0.4, -0.2) is 29.8 Å². The van der Waals surface area contributed by atoms with Crippen LogP contribution in [0.15, 0.2) is 0 Å². The standard InChI is InChI=1S/C12H21F2NO/c1-2-7-12(13,14)8-5-6-11(16)15-9-3-4-10-15/h2-10H2,1H3. The summed E-state index contributed by atoms with van der Waals surface area (Å²) in [6.07, 6.45) is 2.97. The number of halogens is 2. The Morgan fingerprint density at radius 1 is 1.25 bits per heavy atom. The summed E-state index contributed by atoms with van der Waals surface area (Å²) in [6.45, 7) is 3.37. The zero-order valence-corrected chi connectivity index (χ0v) is 9.98. The molecule has 0 radical (unpaired) electrons. The molecule has 0 aromatic rings. The summed E-state index contributed by atoms with van der Waals surface area (Å²) in [7, 11) is 0. The summed E-state index contributed by atoms with van der Waals surface area (Å²) in [5, 5.41) is 0. The molecule has 4 heteroatoms. The van der Waals surface area contributed by atoms with Gasteiger partial charge in [0.25, 0.3) is 0 Å². The summed E-state index contributed by atoms with van der Waals surface area (Å²) >= 11 is 0. The van der Waals surface area contributed by atoms with Crippen LogP contribution in [0.2, 0.25) is 0 Å². The van der Waals surface area contributed by atoms with E-state index in [1.165, 1.54) is 0 Å². The highest BCUT2D eigenvalue weighted by Crippen LogP contribution is 2.26. The third-order valence-electron chi connectivity index (χ3n) is 3.01. The van der Waals surface area contributed by atoms with Crippen molar-refractivity contribution in [3.8, 4) is 0 Å². The maximum absolute atomic E-state index is 13.1. The van der Waals surface area contributed by atoms with E-state index in [-0.39, 0.29) is 25.2 Å².